The minimum Gasteiger partial charge on any atom is -0.366 e. The molecule has 104 valence electrons. The van der Waals surface area contributed by atoms with Gasteiger partial charge < -0.3 is 10.2 Å². The van der Waals surface area contributed by atoms with E-state index in [-0.39, 0.29) is 37.2 Å². The van der Waals surface area contributed by atoms with E-state index in [0.717, 1.165) is 19.1 Å². The maximum Gasteiger partial charge on any atom is 0.129 e. The molecule has 0 amide bonds. The Labute approximate surface area is 131 Å². The first-order valence-electron chi connectivity index (χ1n) is 5.44. The molecule has 7 heteroatoms. The quantitative estimate of drug-likeness (QED) is 0.801. The summed E-state index contributed by atoms with van der Waals surface area (Å²) in [4.78, 5) is 6.58. The average Bonchev–Trinajstić information content (AvgIpc) is 2.63. The van der Waals surface area contributed by atoms with E-state index in [4.69, 9.17) is 11.6 Å². The van der Waals surface area contributed by atoms with Crippen molar-refractivity contribution in [2.24, 2.45) is 0 Å². The van der Waals surface area contributed by atoms with Crippen molar-refractivity contribution in [2.75, 3.05) is 18.0 Å². The summed E-state index contributed by atoms with van der Waals surface area (Å²) in [6.07, 6.45) is 4.38. The number of hydrogen-bond acceptors (Lipinski definition) is 3. The highest BCUT2D eigenvalue weighted by atomic mass is 35.5. The van der Waals surface area contributed by atoms with Crippen molar-refractivity contribution in [3.63, 3.8) is 0 Å². The number of nitrogens with zero attached hydrogens (tertiary/aromatic N) is 2. The van der Waals surface area contributed by atoms with Crippen LogP contribution in [0.1, 0.15) is 12.8 Å². The van der Waals surface area contributed by atoms with Crippen molar-refractivity contribution in [3.05, 3.63) is 23.5 Å². The van der Waals surface area contributed by atoms with Crippen LogP contribution in [0.4, 0.5) is 5.69 Å². The van der Waals surface area contributed by atoms with Gasteiger partial charge in [-0.05, 0) is 25.0 Å². The average molecular weight is 333 g/mol. The van der Waals surface area contributed by atoms with Crippen molar-refractivity contribution in [3.8, 4) is 0 Å². The number of anilines is 1. The minimum absolute atomic E-state index is 0. The Morgan fingerprint density at radius 2 is 2.06 bits per heavy atom. The molecule has 3 rings (SSSR count). The smallest absolute Gasteiger partial charge is 0.129 e. The summed E-state index contributed by atoms with van der Waals surface area (Å²) < 4.78 is 0. The van der Waals surface area contributed by atoms with Gasteiger partial charge in [-0.15, -0.1) is 37.2 Å². The van der Waals surface area contributed by atoms with Gasteiger partial charge in [-0.3, -0.25) is 0 Å². The summed E-state index contributed by atoms with van der Waals surface area (Å²) in [5, 5.41) is 4.11. The Morgan fingerprint density at radius 3 is 2.72 bits per heavy atom. The van der Waals surface area contributed by atoms with Gasteiger partial charge in [0.25, 0.3) is 0 Å². The van der Waals surface area contributed by atoms with E-state index in [1.807, 2.05) is 12.3 Å². The van der Waals surface area contributed by atoms with Crippen LogP contribution in [0.15, 0.2) is 18.3 Å². The van der Waals surface area contributed by atoms with Gasteiger partial charge in [0.05, 0.1) is 11.9 Å². The van der Waals surface area contributed by atoms with Crippen molar-refractivity contribution >= 4 is 54.5 Å². The van der Waals surface area contributed by atoms with Crippen LogP contribution in [-0.4, -0.2) is 30.2 Å². The van der Waals surface area contributed by atoms with E-state index in [1.165, 1.54) is 18.5 Å². The predicted molar refractivity (Wildman–Crippen MR) is 83.1 cm³/mol. The lowest BCUT2D eigenvalue weighted by Crippen LogP contribution is -2.40. The molecule has 3 nitrogen and oxygen atoms in total. The molecule has 18 heavy (non-hydrogen) atoms. The molecule has 2 aliphatic rings. The largest absolute Gasteiger partial charge is 0.366 e. The first-order valence-corrected chi connectivity index (χ1v) is 5.82. The summed E-state index contributed by atoms with van der Waals surface area (Å²) in [5.74, 6) is 0. The third-order valence-corrected chi connectivity index (χ3v) is 3.62. The van der Waals surface area contributed by atoms with E-state index in [1.54, 1.807) is 0 Å². The fourth-order valence-electron chi connectivity index (χ4n) is 2.61. The highest BCUT2D eigenvalue weighted by Crippen LogP contribution is 2.28. The zero-order valence-electron chi connectivity index (χ0n) is 9.71. The molecule has 0 radical (unpaired) electrons. The van der Waals surface area contributed by atoms with Gasteiger partial charge >= 0.3 is 0 Å². The lowest BCUT2D eigenvalue weighted by molar-refractivity contribution is 0.490. The van der Waals surface area contributed by atoms with Crippen molar-refractivity contribution < 1.29 is 0 Å². The van der Waals surface area contributed by atoms with E-state index in [0.29, 0.717) is 11.2 Å². The molecule has 3 heterocycles. The molecule has 2 fully saturated rings. The molecular weight excluding hydrogens is 316 g/mol. The molecule has 1 aromatic heterocycles. The Bertz CT molecular complexity index is 360. The van der Waals surface area contributed by atoms with Gasteiger partial charge in [0.1, 0.15) is 5.15 Å². The Kier molecular flexibility index (Phi) is 7.64. The fraction of sp³-hybridized carbons (Fsp3) is 0.545. The van der Waals surface area contributed by atoms with Crippen LogP contribution in [0.3, 0.4) is 0 Å². The monoisotopic (exact) mass is 331 g/mol. The van der Waals surface area contributed by atoms with Gasteiger partial charge in [-0.2, -0.15) is 0 Å². The van der Waals surface area contributed by atoms with Gasteiger partial charge in [-0.1, -0.05) is 11.6 Å². The van der Waals surface area contributed by atoms with Crippen molar-refractivity contribution in [1.82, 2.24) is 10.3 Å². The van der Waals surface area contributed by atoms with Crippen LogP contribution in [-0.2, 0) is 0 Å². The van der Waals surface area contributed by atoms with Crippen LogP contribution in [0.2, 0.25) is 5.15 Å². The summed E-state index contributed by atoms with van der Waals surface area (Å²) in [7, 11) is 0. The van der Waals surface area contributed by atoms with Gasteiger partial charge in [0, 0.05) is 25.2 Å². The van der Waals surface area contributed by atoms with E-state index >= 15 is 0 Å². The third kappa shape index (κ3) is 3.55. The van der Waals surface area contributed by atoms with E-state index in [2.05, 4.69) is 21.3 Å². The Hall–Kier alpha value is 0.0700. The number of pyridine rings is 1. The fourth-order valence-corrected chi connectivity index (χ4v) is 2.72. The summed E-state index contributed by atoms with van der Waals surface area (Å²) in [6.45, 7) is 2.24. The molecule has 1 aromatic rings. The molecule has 2 atom stereocenters. The van der Waals surface area contributed by atoms with Crippen LogP contribution in [0.25, 0.3) is 0 Å². The second-order valence-electron chi connectivity index (χ2n) is 4.32. The molecule has 0 spiro atoms. The van der Waals surface area contributed by atoms with Crippen molar-refractivity contribution in [2.45, 2.75) is 24.9 Å². The van der Waals surface area contributed by atoms with Crippen molar-refractivity contribution in [1.29, 1.82) is 0 Å². The molecule has 2 saturated heterocycles. The SMILES string of the molecule is Cl.Cl.Cl.Clc1ccc(N2CCC3CC2CN3)cn1. The topological polar surface area (TPSA) is 28.2 Å². The Morgan fingerprint density at radius 1 is 1.28 bits per heavy atom. The number of halogens is 4. The zero-order valence-corrected chi connectivity index (χ0v) is 12.9. The number of fused-ring (bicyclic) bond motifs is 2. The summed E-state index contributed by atoms with van der Waals surface area (Å²) >= 11 is 5.79. The highest BCUT2D eigenvalue weighted by Gasteiger charge is 2.33. The summed E-state index contributed by atoms with van der Waals surface area (Å²) in [5.41, 5.74) is 1.20. The number of hydrogen-bond donors (Lipinski definition) is 1. The lowest BCUT2D eigenvalue weighted by atomic mass is 10.0. The predicted octanol–water partition coefficient (Wildman–Crippen LogP) is 2.94. The van der Waals surface area contributed by atoms with E-state index < -0.39 is 0 Å². The second kappa shape index (κ2) is 7.61. The van der Waals surface area contributed by atoms with Gasteiger partial charge in [0.2, 0.25) is 0 Å². The molecule has 2 aliphatic heterocycles. The Balaban J connectivity index is 0.000000963. The molecule has 2 unspecified atom stereocenters. The van der Waals surface area contributed by atoms with Gasteiger partial charge in [-0.25, -0.2) is 4.98 Å². The summed E-state index contributed by atoms with van der Waals surface area (Å²) in [6, 6.07) is 5.32. The van der Waals surface area contributed by atoms with Crippen LogP contribution < -0.4 is 10.2 Å². The molecule has 0 aliphatic carbocycles. The standard InChI is InChI=1S/C11H14ClN3.3ClH/c12-11-2-1-9(6-14-11)15-4-3-8-5-10(15)7-13-8;;;/h1-2,6,8,10,13H,3-5,7H2;3*1H. The molecular formula is C11H17Cl4N3. The normalized spacial score (nSPS) is 24.6. The number of nitrogens with one attached hydrogen (secondary N) is 1. The highest BCUT2D eigenvalue weighted by molar-refractivity contribution is 6.29. The van der Waals surface area contributed by atoms with E-state index in [9.17, 15) is 0 Å². The molecule has 0 aromatic carbocycles. The molecule has 2 bridgehead atoms. The van der Waals surface area contributed by atoms with Gasteiger partial charge in [0.15, 0.2) is 0 Å². The first-order chi connectivity index (χ1) is 7.33. The van der Waals surface area contributed by atoms with Crippen LogP contribution in [0.5, 0.6) is 0 Å². The van der Waals surface area contributed by atoms with Crippen LogP contribution in [0, 0.1) is 0 Å². The molecule has 1 N–H and O–H groups in total. The number of piperidine rings is 1. The van der Waals surface area contributed by atoms with Crippen LogP contribution >= 0.6 is 48.8 Å². The lowest BCUT2D eigenvalue weighted by Gasteiger charge is -2.34. The third-order valence-electron chi connectivity index (χ3n) is 3.40. The minimum atomic E-state index is 0. The second-order valence-corrected chi connectivity index (χ2v) is 4.70. The maximum absolute atomic E-state index is 5.79. The first kappa shape index (κ1) is 18.1. The molecule has 0 saturated carbocycles. The maximum atomic E-state index is 5.79. The zero-order chi connectivity index (χ0) is 10.3. The number of aromatic nitrogens is 1. The number of rotatable bonds is 1.